The van der Waals surface area contributed by atoms with Crippen LogP contribution in [0.25, 0.3) is 0 Å². The Morgan fingerprint density at radius 1 is 1.60 bits per heavy atom. The molecule has 0 aliphatic carbocycles. The number of nitrogens with zero attached hydrogens (tertiary/aromatic N) is 2. The van der Waals surface area contributed by atoms with Crippen LogP contribution in [-0.4, -0.2) is 37.7 Å². The van der Waals surface area contributed by atoms with Crippen molar-refractivity contribution in [3.05, 3.63) is 27.7 Å². The lowest BCUT2D eigenvalue weighted by atomic mass is 10.1. The normalized spacial score (nSPS) is 12.7. The topological polar surface area (TPSA) is 62.6 Å². The van der Waals surface area contributed by atoms with Gasteiger partial charge in [-0.1, -0.05) is 15.9 Å². The minimum Gasteiger partial charge on any atom is -0.493 e. The van der Waals surface area contributed by atoms with Crippen LogP contribution in [0, 0.1) is 11.3 Å². The second-order valence-corrected chi connectivity index (χ2v) is 5.45. The van der Waals surface area contributed by atoms with E-state index in [1.54, 1.807) is 4.90 Å². The fraction of sp³-hybridized carbons (Fsp3) is 0.429. The van der Waals surface area contributed by atoms with E-state index in [9.17, 15) is 4.79 Å². The van der Waals surface area contributed by atoms with Gasteiger partial charge in [-0.25, -0.2) is 0 Å². The Morgan fingerprint density at radius 3 is 3.10 bits per heavy atom. The predicted molar refractivity (Wildman–Crippen MR) is 76.2 cm³/mol. The molecule has 1 aromatic rings. The van der Waals surface area contributed by atoms with E-state index in [0.717, 1.165) is 27.8 Å². The maximum atomic E-state index is 11.4. The van der Waals surface area contributed by atoms with E-state index in [4.69, 9.17) is 10.00 Å². The third-order valence-corrected chi connectivity index (χ3v) is 3.55. The smallest absolute Gasteiger partial charge is 0.319 e. The molecule has 2 rings (SSSR count). The number of fused-ring (bicyclic) bond motifs is 1. The number of methoxy groups -OCH3 is 1. The summed E-state index contributed by atoms with van der Waals surface area (Å²) in [5.41, 5.74) is 2.13. The van der Waals surface area contributed by atoms with Gasteiger partial charge in [-0.2, -0.15) is 5.26 Å². The number of hydrogen-bond donors (Lipinski definition) is 0. The molecule has 1 aliphatic rings. The molecule has 0 unspecified atom stereocenters. The number of carbonyl (C=O) groups excluding carboxylic acids is 1. The van der Waals surface area contributed by atoms with Crippen LogP contribution in [0.4, 0.5) is 0 Å². The molecule has 106 valence electrons. The third kappa shape index (κ3) is 3.50. The monoisotopic (exact) mass is 338 g/mol. The Morgan fingerprint density at radius 2 is 2.40 bits per heavy atom. The number of benzene rings is 1. The van der Waals surface area contributed by atoms with Crippen LogP contribution in [0.3, 0.4) is 0 Å². The standard InChI is InChI=1S/C14H15BrN2O3/c1-19-13(18)9-17(4-3-16)8-11-7-12(15)6-10-2-5-20-14(10)11/h6-7H,2,4-5,8-9H2,1H3. The number of carbonyl (C=O) groups is 1. The van der Waals surface area contributed by atoms with E-state index in [-0.39, 0.29) is 19.1 Å². The molecule has 1 aromatic carbocycles. The summed E-state index contributed by atoms with van der Waals surface area (Å²) < 4.78 is 11.3. The zero-order chi connectivity index (χ0) is 14.5. The molecule has 0 bridgehead atoms. The van der Waals surface area contributed by atoms with Gasteiger partial charge in [0.15, 0.2) is 0 Å². The van der Waals surface area contributed by atoms with Crippen LogP contribution >= 0.6 is 15.9 Å². The number of ether oxygens (including phenoxy) is 2. The van der Waals surface area contributed by atoms with Crippen molar-refractivity contribution in [1.29, 1.82) is 5.26 Å². The zero-order valence-electron chi connectivity index (χ0n) is 11.2. The zero-order valence-corrected chi connectivity index (χ0v) is 12.8. The largest absolute Gasteiger partial charge is 0.493 e. The van der Waals surface area contributed by atoms with Gasteiger partial charge in [-0.05, 0) is 17.7 Å². The summed E-state index contributed by atoms with van der Waals surface area (Å²) in [6, 6.07) is 6.07. The van der Waals surface area contributed by atoms with Crippen molar-refractivity contribution in [2.24, 2.45) is 0 Å². The number of halogens is 1. The number of hydrogen-bond acceptors (Lipinski definition) is 5. The SMILES string of the molecule is COC(=O)CN(CC#N)Cc1cc(Br)cc2c1OCC2. The van der Waals surface area contributed by atoms with Crippen molar-refractivity contribution in [3.8, 4) is 11.8 Å². The summed E-state index contributed by atoms with van der Waals surface area (Å²) in [6.07, 6.45) is 0.886. The lowest BCUT2D eigenvalue weighted by Crippen LogP contribution is -2.30. The molecule has 0 saturated heterocycles. The first-order valence-electron chi connectivity index (χ1n) is 6.24. The molecule has 5 nitrogen and oxygen atoms in total. The first-order chi connectivity index (χ1) is 9.63. The van der Waals surface area contributed by atoms with Crippen molar-refractivity contribution in [2.45, 2.75) is 13.0 Å². The van der Waals surface area contributed by atoms with E-state index in [1.165, 1.54) is 7.11 Å². The fourth-order valence-corrected chi connectivity index (χ4v) is 2.77. The van der Waals surface area contributed by atoms with Crippen LogP contribution in [-0.2, 0) is 22.5 Å². The minimum atomic E-state index is -0.354. The average molecular weight is 339 g/mol. The van der Waals surface area contributed by atoms with Crippen LogP contribution in [0.1, 0.15) is 11.1 Å². The van der Waals surface area contributed by atoms with Gasteiger partial charge in [0.05, 0.1) is 32.9 Å². The van der Waals surface area contributed by atoms with E-state index in [2.05, 4.69) is 26.7 Å². The molecule has 0 saturated carbocycles. The van der Waals surface area contributed by atoms with Gasteiger partial charge in [0, 0.05) is 23.0 Å². The fourth-order valence-electron chi connectivity index (χ4n) is 2.22. The first-order valence-corrected chi connectivity index (χ1v) is 7.03. The molecule has 0 spiro atoms. The summed E-state index contributed by atoms with van der Waals surface area (Å²) in [5.74, 6) is 0.522. The van der Waals surface area contributed by atoms with E-state index in [1.807, 2.05) is 12.1 Å². The van der Waals surface area contributed by atoms with Crippen molar-refractivity contribution < 1.29 is 14.3 Å². The van der Waals surface area contributed by atoms with Crippen molar-refractivity contribution >= 4 is 21.9 Å². The molecule has 0 atom stereocenters. The van der Waals surface area contributed by atoms with E-state index in [0.29, 0.717) is 13.2 Å². The summed E-state index contributed by atoms with van der Waals surface area (Å²) in [7, 11) is 1.34. The second kappa shape index (κ2) is 6.73. The quantitative estimate of drug-likeness (QED) is 0.606. The summed E-state index contributed by atoms with van der Waals surface area (Å²) in [5, 5.41) is 8.86. The lowest BCUT2D eigenvalue weighted by molar-refractivity contribution is -0.141. The summed E-state index contributed by atoms with van der Waals surface area (Å²) in [4.78, 5) is 13.1. The van der Waals surface area contributed by atoms with Crippen molar-refractivity contribution in [1.82, 2.24) is 4.90 Å². The Hall–Kier alpha value is -1.58. The number of esters is 1. The number of rotatable bonds is 5. The van der Waals surface area contributed by atoms with Crippen LogP contribution in [0.2, 0.25) is 0 Å². The molecule has 0 N–H and O–H groups in total. The van der Waals surface area contributed by atoms with Crippen molar-refractivity contribution in [3.63, 3.8) is 0 Å². The van der Waals surface area contributed by atoms with Gasteiger partial charge in [-0.3, -0.25) is 9.69 Å². The van der Waals surface area contributed by atoms with Crippen LogP contribution < -0.4 is 4.74 Å². The predicted octanol–water partition coefficient (Wildman–Crippen LogP) is 1.88. The Kier molecular flexibility index (Phi) is 4.99. The highest BCUT2D eigenvalue weighted by Crippen LogP contribution is 2.33. The van der Waals surface area contributed by atoms with Crippen LogP contribution in [0.5, 0.6) is 5.75 Å². The Balaban J connectivity index is 2.18. The highest BCUT2D eigenvalue weighted by Gasteiger charge is 2.20. The van der Waals surface area contributed by atoms with E-state index < -0.39 is 0 Å². The third-order valence-electron chi connectivity index (χ3n) is 3.09. The molecule has 0 radical (unpaired) electrons. The first kappa shape index (κ1) is 14.8. The Bertz CT molecular complexity index is 554. The maximum Gasteiger partial charge on any atom is 0.319 e. The van der Waals surface area contributed by atoms with E-state index >= 15 is 0 Å². The highest BCUT2D eigenvalue weighted by molar-refractivity contribution is 9.10. The molecule has 20 heavy (non-hydrogen) atoms. The average Bonchev–Trinajstić information content (AvgIpc) is 2.86. The molecule has 0 fully saturated rings. The van der Waals surface area contributed by atoms with Crippen LogP contribution in [0.15, 0.2) is 16.6 Å². The summed E-state index contributed by atoms with van der Waals surface area (Å²) >= 11 is 3.48. The van der Waals surface area contributed by atoms with Gasteiger partial charge in [0.1, 0.15) is 5.75 Å². The molecule has 6 heteroatoms. The van der Waals surface area contributed by atoms with Gasteiger partial charge in [0.2, 0.25) is 0 Å². The molecule has 0 aromatic heterocycles. The van der Waals surface area contributed by atoms with Gasteiger partial charge >= 0.3 is 5.97 Å². The molecule has 1 heterocycles. The lowest BCUT2D eigenvalue weighted by Gasteiger charge is -2.19. The highest BCUT2D eigenvalue weighted by atomic mass is 79.9. The number of nitriles is 1. The van der Waals surface area contributed by atoms with Gasteiger partial charge in [0.25, 0.3) is 0 Å². The van der Waals surface area contributed by atoms with Crippen molar-refractivity contribution in [2.75, 3.05) is 26.8 Å². The minimum absolute atomic E-state index is 0.0886. The van der Waals surface area contributed by atoms with Gasteiger partial charge in [-0.15, -0.1) is 0 Å². The second-order valence-electron chi connectivity index (χ2n) is 4.53. The molecular weight excluding hydrogens is 324 g/mol. The summed E-state index contributed by atoms with van der Waals surface area (Å²) in [6.45, 7) is 1.40. The molecule has 1 aliphatic heterocycles. The maximum absolute atomic E-state index is 11.4. The Labute approximate surface area is 126 Å². The molecular formula is C14H15BrN2O3. The molecule has 0 amide bonds. The van der Waals surface area contributed by atoms with Gasteiger partial charge < -0.3 is 9.47 Å².